The van der Waals surface area contributed by atoms with Crippen molar-refractivity contribution >= 4 is 17.3 Å². The van der Waals surface area contributed by atoms with Crippen LogP contribution in [-0.4, -0.2) is 22.7 Å². The van der Waals surface area contributed by atoms with E-state index in [1.165, 1.54) is 0 Å². The number of benzene rings is 1. The van der Waals surface area contributed by atoms with Crippen molar-refractivity contribution in [3.05, 3.63) is 45.9 Å². The summed E-state index contributed by atoms with van der Waals surface area (Å²) in [5.74, 6) is -0.101. The van der Waals surface area contributed by atoms with Gasteiger partial charge in [0.05, 0.1) is 17.8 Å². The second kappa shape index (κ2) is 5.64. The van der Waals surface area contributed by atoms with Gasteiger partial charge < -0.3 is 9.84 Å². The van der Waals surface area contributed by atoms with Crippen LogP contribution in [0.25, 0.3) is 0 Å². The number of thiazole rings is 1. The highest BCUT2D eigenvalue weighted by Gasteiger charge is 2.13. The van der Waals surface area contributed by atoms with Crippen molar-refractivity contribution in [2.24, 2.45) is 0 Å². The lowest BCUT2D eigenvalue weighted by Crippen LogP contribution is -2.00. The molecule has 4 nitrogen and oxygen atoms in total. The number of carboxylic acid groups (broad SMARTS) is 1. The molecule has 0 bridgehead atoms. The normalized spacial score (nSPS) is 10.3. The molecular weight excluding hydrogens is 250 g/mol. The molecule has 5 heteroatoms. The van der Waals surface area contributed by atoms with Crippen LogP contribution < -0.4 is 4.74 Å². The van der Waals surface area contributed by atoms with Crippen molar-refractivity contribution in [3.63, 3.8) is 0 Å². The number of ether oxygens (including phenoxy) is 1. The van der Waals surface area contributed by atoms with Gasteiger partial charge in [-0.25, -0.2) is 9.78 Å². The molecular formula is C13H13NO3S. The molecule has 2 aromatic rings. The Morgan fingerprint density at radius 2 is 2.11 bits per heavy atom. The summed E-state index contributed by atoms with van der Waals surface area (Å²) < 4.78 is 5.35. The van der Waals surface area contributed by atoms with Gasteiger partial charge in [-0.05, 0) is 24.6 Å². The summed E-state index contributed by atoms with van der Waals surface area (Å²) in [6, 6.07) is 7.61. The van der Waals surface area contributed by atoms with Gasteiger partial charge in [0.2, 0.25) is 0 Å². The average Bonchev–Trinajstić information content (AvgIpc) is 2.80. The monoisotopic (exact) mass is 263 g/mol. The number of carbonyl (C=O) groups is 1. The first-order chi connectivity index (χ1) is 8.70. The number of rotatable bonds is 5. The lowest BCUT2D eigenvalue weighted by Gasteiger charge is -2.04. The van der Waals surface area contributed by atoms with E-state index in [0.29, 0.717) is 23.6 Å². The summed E-state index contributed by atoms with van der Waals surface area (Å²) in [6.45, 7) is 2.57. The van der Waals surface area contributed by atoms with Gasteiger partial charge in [-0.2, -0.15) is 0 Å². The van der Waals surface area contributed by atoms with E-state index in [2.05, 4.69) is 4.98 Å². The van der Waals surface area contributed by atoms with E-state index in [9.17, 15) is 4.79 Å². The van der Waals surface area contributed by atoms with Crippen LogP contribution in [0.3, 0.4) is 0 Å². The van der Waals surface area contributed by atoms with Crippen LogP contribution in [0.2, 0.25) is 0 Å². The lowest BCUT2D eigenvalue weighted by atomic mass is 10.1. The predicted molar refractivity (Wildman–Crippen MR) is 69.5 cm³/mol. The largest absolute Gasteiger partial charge is 0.494 e. The van der Waals surface area contributed by atoms with E-state index in [1.54, 1.807) is 5.51 Å². The van der Waals surface area contributed by atoms with Crippen molar-refractivity contribution in [1.82, 2.24) is 4.98 Å². The van der Waals surface area contributed by atoms with Crippen molar-refractivity contribution in [2.45, 2.75) is 13.3 Å². The molecule has 0 aliphatic heterocycles. The first-order valence-electron chi connectivity index (χ1n) is 5.58. The molecule has 0 fully saturated rings. The van der Waals surface area contributed by atoms with E-state index >= 15 is 0 Å². The van der Waals surface area contributed by atoms with Crippen LogP contribution in [0.5, 0.6) is 5.75 Å². The fourth-order valence-electron chi connectivity index (χ4n) is 1.63. The molecule has 0 amide bonds. The maximum Gasteiger partial charge on any atom is 0.347 e. The third kappa shape index (κ3) is 2.87. The van der Waals surface area contributed by atoms with E-state index in [-0.39, 0.29) is 0 Å². The van der Waals surface area contributed by atoms with Crippen LogP contribution in [0.4, 0.5) is 0 Å². The van der Waals surface area contributed by atoms with E-state index < -0.39 is 5.97 Å². The minimum absolute atomic E-state index is 0.309. The molecule has 1 heterocycles. The second-order valence-corrected chi connectivity index (χ2v) is 4.54. The second-order valence-electron chi connectivity index (χ2n) is 3.69. The third-order valence-electron chi connectivity index (χ3n) is 2.44. The minimum atomic E-state index is -0.918. The van der Waals surface area contributed by atoms with Crippen molar-refractivity contribution in [3.8, 4) is 5.75 Å². The average molecular weight is 263 g/mol. The molecule has 0 unspecified atom stereocenters. The van der Waals surface area contributed by atoms with Crippen LogP contribution >= 0.6 is 11.3 Å². The highest BCUT2D eigenvalue weighted by Crippen LogP contribution is 2.19. The van der Waals surface area contributed by atoms with Crippen LogP contribution in [-0.2, 0) is 6.42 Å². The van der Waals surface area contributed by atoms with Crippen LogP contribution in [0.1, 0.15) is 27.9 Å². The molecule has 0 aliphatic carbocycles. The Morgan fingerprint density at radius 3 is 2.72 bits per heavy atom. The number of aromatic carboxylic acids is 1. The fourth-order valence-corrected chi connectivity index (χ4v) is 2.28. The number of hydrogen-bond acceptors (Lipinski definition) is 4. The molecule has 0 saturated heterocycles. The Hall–Kier alpha value is -1.88. The standard InChI is InChI=1S/C13H13NO3S/c1-2-17-10-5-3-9(4-6-10)7-11-12(13(15)16)18-8-14-11/h3-6,8H,2,7H2,1H3,(H,15,16). The number of hydrogen-bond donors (Lipinski definition) is 1. The number of aromatic nitrogens is 1. The molecule has 1 aromatic heterocycles. The molecule has 0 spiro atoms. The highest BCUT2D eigenvalue weighted by molar-refractivity contribution is 7.11. The molecule has 0 aliphatic rings. The van der Waals surface area contributed by atoms with Gasteiger partial charge in [0.15, 0.2) is 0 Å². The zero-order valence-electron chi connectivity index (χ0n) is 9.92. The Morgan fingerprint density at radius 1 is 1.39 bits per heavy atom. The van der Waals surface area contributed by atoms with Gasteiger partial charge in [-0.3, -0.25) is 0 Å². The number of carboxylic acids is 1. The summed E-state index contributed by atoms with van der Waals surface area (Å²) >= 11 is 1.15. The van der Waals surface area contributed by atoms with E-state index in [0.717, 1.165) is 22.6 Å². The molecule has 1 aromatic carbocycles. The summed E-state index contributed by atoms with van der Waals surface area (Å²) in [6.07, 6.45) is 0.525. The zero-order valence-corrected chi connectivity index (χ0v) is 10.7. The van der Waals surface area contributed by atoms with Crippen LogP contribution in [0.15, 0.2) is 29.8 Å². The van der Waals surface area contributed by atoms with Gasteiger partial charge in [-0.1, -0.05) is 12.1 Å². The molecule has 18 heavy (non-hydrogen) atoms. The Labute approximate surface area is 109 Å². The quantitative estimate of drug-likeness (QED) is 0.901. The predicted octanol–water partition coefficient (Wildman–Crippen LogP) is 2.83. The molecule has 94 valence electrons. The first-order valence-corrected chi connectivity index (χ1v) is 6.46. The summed E-state index contributed by atoms with van der Waals surface area (Å²) in [5.41, 5.74) is 3.19. The maximum atomic E-state index is 11.0. The summed E-state index contributed by atoms with van der Waals surface area (Å²) in [7, 11) is 0. The smallest absolute Gasteiger partial charge is 0.347 e. The van der Waals surface area contributed by atoms with Gasteiger partial charge in [0.25, 0.3) is 0 Å². The van der Waals surface area contributed by atoms with Gasteiger partial charge in [0, 0.05) is 6.42 Å². The Kier molecular flexibility index (Phi) is 3.94. The molecule has 1 N–H and O–H groups in total. The lowest BCUT2D eigenvalue weighted by molar-refractivity contribution is 0.0701. The van der Waals surface area contributed by atoms with E-state index in [1.807, 2.05) is 31.2 Å². The minimum Gasteiger partial charge on any atom is -0.494 e. The molecule has 2 rings (SSSR count). The summed E-state index contributed by atoms with van der Waals surface area (Å²) in [4.78, 5) is 15.4. The van der Waals surface area contributed by atoms with E-state index in [4.69, 9.17) is 9.84 Å². The first kappa shape index (κ1) is 12.6. The van der Waals surface area contributed by atoms with Gasteiger partial charge >= 0.3 is 5.97 Å². The Balaban J connectivity index is 2.13. The number of nitrogens with zero attached hydrogens (tertiary/aromatic N) is 1. The molecule has 0 atom stereocenters. The van der Waals surface area contributed by atoms with Gasteiger partial charge in [-0.15, -0.1) is 11.3 Å². The van der Waals surface area contributed by atoms with Crippen LogP contribution in [0, 0.1) is 0 Å². The summed E-state index contributed by atoms with van der Waals surface area (Å²) in [5, 5.41) is 9.00. The third-order valence-corrected chi connectivity index (χ3v) is 3.30. The SMILES string of the molecule is CCOc1ccc(Cc2ncsc2C(=O)O)cc1. The Bertz CT molecular complexity index is 533. The highest BCUT2D eigenvalue weighted by atomic mass is 32.1. The van der Waals surface area contributed by atoms with Crippen molar-refractivity contribution in [2.75, 3.05) is 6.61 Å². The van der Waals surface area contributed by atoms with Gasteiger partial charge in [0.1, 0.15) is 10.6 Å². The fraction of sp³-hybridized carbons (Fsp3) is 0.231. The maximum absolute atomic E-state index is 11.0. The molecule has 0 saturated carbocycles. The van der Waals surface area contributed by atoms with Crippen molar-refractivity contribution < 1.29 is 14.6 Å². The zero-order chi connectivity index (χ0) is 13.0. The molecule has 0 radical (unpaired) electrons. The topological polar surface area (TPSA) is 59.4 Å². The van der Waals surface area contributed by atoms with Crippen molar-refractivity contribution in [1.29, 1.82) is 0 Å².